The Labute approximate surface area is 209 Å². The summed E-state index contributed by atoms with van der Waals surface area (Å²) in [6.45, 7) is 5.97. The van der Waals surface area contributed by atoms with Gasteiger partial charge < -0.3 is 5.32 Å². The lowest BCUT2D eigenvalue weighted by Gasteiger charge is -2.27. The van der Waals surface area contributed by atoms with Gasteiger partial charge in [0.1, 0.15) is 0 Å². The minimum atomic E-state index is -3.50. The highest BCUT2D eigenvalue weighted by Crippen LogP contribution is 2.43. The van der Waals surface area contributed by atoms with E-state index in [4.69, 9.17) is 16.6 Å². The molecule has 1 aliphatic heterocycles. The second-order valence-electron chi connectivity index (χ2n) is 8.62. The summed E-state index contributed by atoms with van der Waals surface area (Å²) in [5, 5.41) is 4.24. The molecule has 1 aromatic heterocycles. The number of thiazole rings is 1. The first-order valence-corrected chi connectivity index (χ1v) is 13.6. The van der Waals surface area contributed by atoms with Crippen molar-refractivity contribution in [3.8, 4) is 0 Å². The van der Waals surface area contributed by atoms with Crippen molar-refractivity contribution in [2.45, 2.75) is 44.3 Å². The van der Waals surface area contributed by atoms with Gasteiger partial charge in [0.05, 0.1) is 23.1 Å². The Morgan fingerprint density at radius 2 is 1.79 bits per heavy atom. The minimum absolute atomic E-state index is 0.139. The molecular formula is C24H27ClN4O3S2. The van der Waals surface area contributed by atoms with Gasteiger partial charge in [-0.2, -0.15) is 0 Å². The number of amides is 1. The van der Waals surface area contributed by atoms with E-state index in [0.29, 0.717) is 11.0 Å². The van der Waals surface area contributed by atoms with Gasteiger partial charge in [-0.1, -0.05) is 49.7 Å². The Kier molecular flexibility index (Phi) is 7.39. The van der Waals surface area contributed by atoms with Crippen LogP contribution in [0, 0.1) is 5.92 Å². The molecule has 3 aromatic rings. The molecule has 10 heteroatoms. The fourth-order valence-electron chi connectivity index (χ4n) is 4.19. The van der Waals surface area contributed by atoms with Gasteiger partial charge in [-0.3, -0.25) is 9.69 Å². The molecule has 0 aliphatic carbocycles. The number of hydrogen-bond donors (Lipinski definition) is 2. The average Bonchev–Trinajstić information content (AvgIpc) is 3.31. The molecule has 1 unspecified atom stereocenters. The zero-order chi connectivity index (χ0) is 24.5. The van der Waals surface area contributed by atoms with Crippen LogP contribution in [0.1, 0.15) is 41.6 Å². The highest BCUT2D eigenvalue weighted by Gasteiger charge is 2.36. The molecule has 7 nitrogen and oxygen atoms in total. The summed E-state index contributed by atoms with van der Waals surface area (Å²) >= 11 is 7.53. The van der Waals surface area contributed by atoms with Crippen molar-refractivity contribution in [2.24, 2.45) is 5.92 Å². The Hall–Kier alpha value is -2.30. The number of carbonyl (C=O) groups excluding carboxylic acids is 1. The standard InChI is InChI=1S/C24H27ClN4O3S2/c1-15(2)23-22-20(14-29(23)13-17-4-8-18(25)9-5-17)33-24(28-22)27-21(30)12-16-6-10-19(11-7-16)34(31,32)26-3/h4-11,15,23,26H,12-14H2,1-3H3,(H,27,28,30). The maximum absolute atomic E-state index is 12.6. The molecule has 1 aliphatic rings. The summed E-state index contributed by atoms with van der Waals surface area (Å²) in [6, 6.07) is 14.4. The van der Waals surface area contributed by atoms with E-state index in [9.17, 15) is 13.2 Å². The third-order valence-corrected chi connectivity index (χ3v) is 8.45. The van der Waals surface area contributed by atoms with Crippen molar-refractivity contribution >= 4 is 44.0 Å². The Morgan fingerprint density at radius 1 is 1.15 bits per heavy atom. The Morgan fingerprint density at radius 3 is 2.41 bits per heavy atom. The lowest BCUT2D eigenvalue weighted by Crippen LogP contribution is -2.26. The summed E-state index contributed by atoms with van der Waals surface area (Å²) in [5.41, 5.74) is 2.96. The molecule has 0 spiro atoms. The fourth-order valence-corrected chi connectivity index (χ4v) is 6.09. The van der Waals surface area contributed by atoms with Crippen LogP contribution in [-0.2, 0) is 34.3 Å². The van der Waals surface area contributed by atoms with Gasteiger partial charge >= 0.3 is 0 Å². The number of halogens is 1. The maximum Gasteiger partial charge on any atom is 0.240 e. The number of nitrogens with zero attached hydrogens (tertiary/aromatic N) is 2. The fraction of sp³-hybridized carbons (Fsp3) is 0.333. The van der Waals surface area contributed by atoms with Crippen LogP contribution >= 0.6 is 22.9 Å². The van der Waals surface area contributed by atoms with Crippen molar-refractivity contribution in [1.82, 2.24) is 14.6 Å². The molecule has 0 saturated heterocycles. The number of nitrogens with one attached hydrogen (secondary N) is 2. The zero-order valence-electron chi connectivity index (χ0n) is 19.2. The normalized spacial score (nSPS) is 16.1. The van der Waals surface area contributed by atoms with Crippen LogP contribution in [-0.4, -0.2) is 31.3 Å². The van der Waals surface area contributed by atoms with Gasteiger partial charge in [-0.15, -0.1) is 11.3 Å². The molecular weight excluding hydrogens is 492 g/mol. The molecule has 180 valence electrons. The molecule has 0 bridgehead atoms. The van der Waals surface area contributed by atoms with Crippen molar-refractivity contribution in [3.63, 3.8) is 0 Å². The lowest BCUT2D eigenvalue weighted by molar-refractivity contribution is -0.115. The van der Waals surface area contributed by atoms with Gasteiger partial charge in [0.25, 0.3) is 0 Å². The van der Waals surface area contributed by atoms with E-state index in [0.717, 1.165) is 29.4 Å². The van der Waals surface area contributed by atoms with E-state index >= 15 is 0 Å². The van der Waals surface area contributed by atoms with Gasteiger partial charge in [0.2, 0.25) is 15.9 Å². The summed E-state index contributed by atoms with van der Waals surface area (Å²) in [7, 11) is -2.13. The second kappa shape index (κ2) is 10.1. The van der Waals surface area contributed by atoms with Crippen LogP contribution in [0.25, 0.3) is 0 Å². The van der Waals surface area contributed by atoms with Gasteiger partial charge in [0, 0.05) is 23.0 Å². The minimum Gasteiger partial charge on any atom is -0.302 e. The van der Waals surface area contributed by atoms with E-state index in [2.05, 4.69) is 28.8 Å². The Balaban J connectivity index is 1.41. The largest absolute Gasteiger partial charge is 0.302 e. The quantitative estimate of drug-likeness (QED) is 0.455. The molecule has 2 heterocycles. The predicted molar refractivity (Wildman–Crippen MR) is 135 cm³/mol. The van der Waals surface area contributed by atoms with Crippen molar-refractivity contribution < 1.29 is 13.2 Å². The summed E-state index contributed by atoms with van der Waals surface area (Å²) in [5.74, 6) is 0.183. The maximum atomic E-state index is 12.6. The number of fused-ring (bicyclic) bond motifs is 1. The molecule has 1 amide bonds. The molecule has 2 N–H and O–H groups in total. The van der Waals surface area contributed by atoms with Crippen molar-refractivity contribution in [2.75, 3.05) is 12.4 Å². The highest BCUT2D eigenvalue weighted by molar-refractivity contribution is 7.89. The summed E-state index contributed by atoms with van der Waals surface area (Å²) < 4.78 is 26.0. The van der Waals surface area contributed by atoms with E-state index in [-0.39, 0.29) is 23.3 Å². The average molecular weight is 519 g/mol. The lowest BCUT2D eigenvalue weighted by atomic mass is 10.0. The van der Waals surface area contributed by atoms with Crippen LogP contribution in [0.3, 0.4) is 0 Å². The first-order chi connectivity index (χ1) is 16.2. The smallest absolute Gasteiger partial charge is 0.240 e. The number of rotatable bonds is 8. The second-order valence-corrected chi connectivity index (χ2v) is 12.0. The van der Waals surface area contributed by atoms with Crippen LogP contribution in [0.2, 0.25) is 5.02 Å². The molecule has 34 heavy (non-hydrogen) atoms. The van der Waals surface area contributed by atoms with E-state index in [1.807, 2.05) is 24.3 Å². The van der Waals surface area contributed by atoms with Crippen LogP contribution < -0.4 is 10.0 Å². The number of sulfonamides is 1. The zero-order valence-corrected chi connectivity index (χ0v) is 21.6. The topological polar surface area (TPSA) is 91.4 Å². The van der Waals surface area contributed by atoms with Crippen LogP contribution in [0.4, 0.5) is 5.13 Å². The van der Waals surface area contributed by atoms with Crippen molar-refractivity contribution in [1.29, 1.82) is 0 Å². The Bertz CT molecular complexity index is 1270. The van der Waals surface area contributed by atoms with Gasteiger partial charge in [-0.05, 0) is 48.4 Å². The number of carbonyl (C=O) groups is 1. The number of aromatic nitrogens is 1. The first kappa shape index (κ1) is 24.8. The predicted octanol–water partition coefficient (Wildman–Crippen LogP) is 4.60. The molecule has 2 aromatic carbocycles. The van der Waals surface area contributed by atoms with E-state index in [1.165, 1.54) is 41.0 Å². The molecule has 0 saturated carbocycles. The SMILES string of the molecule is CNS(=O)(=O)c1ccc(CC(=O)Nc2nc3c(s2)CN(Cc2ccc(Cl)cc2)C3C(C)C)cc1. The van der Waals surface area contributed by atoms with Gasteiger partial charge in [-0.25, -0.2) is 18.1 Å². The third kappa shape index (κ3) is 5.50. The number of benzene rings is 2. The molecule has 4 rings (SSSR count). The van der Waals surface area contributed by atoms with Crippen LogP contribution in [0.15, 0.2) is 53.4 Å². The third-order valence-electron chi connectivity index (χ3n) is 5.79. The highest BCUT2D eigenvalue weighted by atomic mass is 35.5. The number of hydrogen-bond acceptors (Lipinski definition) is 6. The molecule has 1 atom stereocenters. The summed E-state index contributed by atoms with van der Waals surface area (Å²) in [4.78, 5) is 21.1. The molecule has 0 fully saturated rings. The number of anilines is 1. The molecule has 0 radical (unpaired) electrons. The van der Waals surface area contributed by atoms with E-state index < -0.39 is 10.0 Å². The van der Waals surface area contributed by atoms with Crippen LogP contribution in [0.5, 0.6) is 0 Å². The first-order valence-electron chi connectivity index (χ1n) is 11.0. The van der Waals surface area contributed by atoms with E-state index in [1.54, 1.807) is 12.1 Å². The summed E-state index contributed by atoms with van der Waals surface area (Å²) in [6.07, 6.45) is 0.139. The van der Waals surface area contributed by atoms with Gasteiger partial charge in [0.15, 0.2) is 5.13 Å². The van der Waals surface area contributed by atoms with Crippen molar-refractivity contribution in [3.05, 3.63) is 75.3 Å². The monoisotopic (exact) mass is 518 g/mol.